The minimum atomic E-state index is 0.774. The molecular formula is C22H21N3O. The van der Waals surface area contributed by atoms with E-state index in [1.807, 2.05) is 24.5 Å². The van der Waals surface area contributed by atoms with Crippen LogP contribution in [-0.4, -0.2) is 17.1 Å². The summed E-state index contributed by atoms with van der Waals surface area (Å²) in [4.78, 5) is 7.37. The zero-order valence-corrected chi connectivity index (χ0v) is 14.7. The van der Waals surface area contributed by atoms with E-state index in [-0.39, 0.29) is 0 Å². The van der Waals surface area contributed by atoms with Gasteiger partial charge in [-0.25, -0.2) is 0 Å². The van der Waals surface area contributed by atoms with Gasteiger partial charge in [0.05, 0.1) is 7.11 Å². The smallest absolute Gasteiger partial charge is 0.120 e. The Labute approximate surface area is 152 Å². The molecule has 0 aliphatic heterocycles. The highest BCUT2D eigenvalue weighted by atomic mass is 16.5. The van der Waals surface area contributed by atoms with E-state index < -0.39 is 0 Å². The van der Waals surface area contributed by atoms with Crippen LogP contribution >= 0.6 is 0 Å². The van der Waals surface area contributed by atoms with E-state index in [0.29, 0.717) is 0 Å². The van der Waals surface area contributed by atoms with Crippen molar-refractivity contribution in [2.75, 3.05) is 12.4 Å². The van der Waals surface area contributed by atoms with Crippen molar-refractivity contribution in [1.82, 2.24) is 9.97 Å². The van der Waals surface area contributed by atoms with Crippen LogP contribution < -0.4 is 10.1 Å². The van der Waals surface area contributed by atoms with Gasteiger partial charge in [-0.05, 0) is 59.5 Å². The normalized spacial score (nSPS) is 10.8. The van der Waals surface area contributed by atoms with Crippen molar-refractivity contribution in [1.29, 1.82) is 0 Å². The summed E-state index contributed by atoms with van der Waals surface area (Å²) in [6.45, 7) is 0.774. The van der Waals surface area contributed by atoms with Crippen molar-refractivity contribution < 1.29 is 4.74 Å². The summed E-state index contributed by atoms with van der Waals surface area (Å²) < 4.78 is 5.28. The lowest BCUT2D eigenvalue weighted by atomic mass is 10.1. The molecule has 0 saturated carbocycles. The number of pyridine rings is 1. The molecule has 0 saturated heterocycles. The van der Waals surface area contributed by atoms with Crippen LogP contribution in [0.15, 0.2) is 73.2 Å². The Kier molecular flexibility index (Phi) is 4.56. The first-order valence-corrected chi connectivity index (χ1v) is 8.67. The SMILES string of the molecule is COc1ccc2c(CNc3ccc(Cc4ccncc4)cc3)c[nH]c2c1. The number of aromatic amines is 1. The van der Waals surface area contributed by atoms with E-state index >= 15 is 0 Å². The molecule has 4 heteroatoms. The predicted octanol–water partition coefficient (Wildman–Crippen LogP) is 4.77. The van der Waals surface area contributed by atoms with Crippen molar-refractivity contribution in [3.8, 4) is 5.75 Å². The molecule has 2 aromatic carbocycles. The standard InChI is InChI=1S/C22H21N3O/c1-26-20-6-7-21-18(15-25-22(21)13-20)14-24-19-4-2-16(3-5-19)12-17-8-10-23-11-9-17/h2-11,13,15,24-25H,12,14H2,1H3. The Bertz CT molecular complexity index is 991. The molecule has 4 aromatic rings. The lowest BCUT2D eigenvalue weighted by Gasteiger charge is -2.08. The van der Waals surface area contributed by atoms with Gasteiger partial charge in [0.25, 0.3) is 0 Å². The molecule has 2 aromatic heterocycles. The molecule has 130 valence electrons. The van der Waals surface area contributed by atoms with Gasteiger partial charge in [0.1, 0.15) is 5.75 Å². The van der Waals surface area contributed by atoms with E-state index in [1.165, 1.54) is 22.1 Å². The largest absolute Gasteiger partial charge is 0.497 e. The molecule has 0 aliphatic carbocycles. The summed E-state index contributed by atoms with van der Waals surface area (Å²) in [6, 6.07) is 18.8. The van der Waals surface area contributed by atoms with E-state index in [1.54, 1.807) is 7.11 Å². The second kappa shape index (κ2) is 7.31. The lowest BCUT2D eigenvalue weighted by Crippen LogP contribution is -1.99. The van der Waals surface area contributed by atoms with Gasteiger partial charge in [0.2, 0.25) is 0 Å². The van der Waals surface area contributed by atoms with Gasteiger partial charge in [0, 0.05) is 47.8 Å². The number of hydrogen-bond acceptors (Lipinski definition) is 3. The van der Waals surface area contributed by atoms with Gasteiger partial charge >= 0.3 is 0 Å². The van der Waals surface area contributed by atoms with Gasteiger partial charge in [-0.1, -0.05) is 12.1 Å². The first kappa shape index (κ1) is 16.2. The van der Waals surface area contributed by atoms with Crippen molar-refractivity contribution in [3.63, 3.8) is 0 Å². The van der Waals surface area contributed by atoms with Gasteiger partial charge in [0.15, 0.2) is 0 Å². The number of rotatable bonds is 6. The first-order valence-electron chi connectivity index (χ1n) is 8.67. The number of H-pyrrole nitrogens is 1. The Morgan fingerprint density at radius 1 is 0.962 bits per heavy atom. The Morgan fingerprint density at radius 3 is 2.50 bits per heavy atom. The molecule has 0 bridgehead atoms. The highest BCUT2D eigenvalue weighted by molar-refractivity contribution is 5.84. The van der Waals surface area contributed by atoms with E-state index in [2.05, 4.69) is 63.9 Å². The second-order valence-corrected chi connectivity index (χ2v) is 6.31. The number of ether oxygens (including phenoxy) is 1. The summed E-state index contributed by atoms with van der Waals surface area (Å²) in [5.41, 5.74) is 6.01. The summed E-state index contributed by atoms with van der Waals surface area (Å²) in [5, 5.41) is 4.71. The molecule has 2 heterocycles. The van der Waals surface area contributed by atoms with Crippen LogP contribution in [-0.2, 0) is 13.0 Å². The number of aromatic nitrogens is 2. The summed E-state index contributed by atoms with van der Waals surface area (Å²) in [5.74, 6) is 0.864. The lowest BCUT2D eigenvalue weighted by molar-refractivity contribution is 0.415. The number of nitrogens with one attached hydrogen (secondary N) is 2. The molecular weight excluding hydrogens is 322 g/mol. The zero-order chi connectivity index (χ0) is 17.8. The van der Waals surface area contributed by atoms with E-state index in [9.17, 15) is 0 Å². The molecule has 4 nitrogen and oxygen atoms in total. The fourth-order valence-corrected chi connectivity index (χ4v) is 3.11. The average molecular weight is 343 g/mol. The Hall–Kier alpha value is -3.27. The van der Waals surface area contributed by atoms with E-state index in [0.717, 1.165) is 29.9 Å². The van der Waals surface area contributed by atoms with Crippen LogP contribution in [0.5, 0.6) is 5.75 Å². The van der Waals surface area contributed by atoms with Gasteiger partial charge < -0.3 is 15.0 Å². The molecule has 0 atom stereocenters. The third-order valence-corrected chi connectivity index (χ3v) is 4.57. The van der Waals surface area contributed by atoms with Crippen LogP contribution in [0.1, 0.15) is 16.7 Å². The van der Waals surface area contributed by atoms with Crippen LogP contribution in [0, 0.1) is 0 Å². The van der Waals surface area contributed by atoms with Gasteiger partial charge in [-0.2, -0.15) is 0 Å². The van der Waals surface area contributed by atoms with Crippen molar-refractivity contribution >= 4 is 16.6 Å². The quantitative estimate of drug-likeness (QED) is 0.530. The van der Waals surface area contributed by atoms with Crippen molar-refractivity contribution in [2.45, 2.75) is 13.0 Å². The maximum atomic E-state index is 5.28. The third-order valence-electron chi connectivity index (χ3n) is 4.57. The fraction of sp³-hybridized carbons (Fsp3) is 0.136. The maximum absolute atomic E-state index is 5.28. The number of methoxy groups -OCH3 is 1. The summed E-state index contributed by atoms with van der Waals surface area (Å²) in [6.07, 6.45) is 6.64. The molecule has 0 amide bonds. The van der Waals surface area contributed by atoms with Crippen LogP contribution in [0.4, 0.5) is 5.69 Å². The topological polar surface area (TPSA) is 49.9 Å². The highest BCUT2D eigenvalue weighted by Crippen LogP contribution is 2.24. The predicted molar refractivity (Wildman–Crippen MR) is 106 cm³/mol. The van der Waals surface area contributed by atoms with Gasteiger partial charge in [-0.15, -0.1) is 0 Å². The fourth-order valence-electron chi connectivity index (χ4n) is 3.11. The molecule has 4 rings (SSSR count). The number of benzene rings is 2. The summed E-state index contributed by atoms with van der Waals surface area (Å²) >= 11 is 0. The maximum Gasteiger partial charge on any atom is 0.120 e. The van der Waals surface area contributed by atoms with E-state index in [4.69, 9.17) is 4.74 Å². The number of anilines is 1. The zero-order valence-electron chi connectivity index (χ0n) is 14.7. The first-order chi connectivity index (χ1) is 12.8. The third kappa shape index (κ3) is 3.54. The van der Waals surface area contributed by atoms with Crippen LogP contribution in [0.2, 0.25) is 0 Å². The minimum absolute atomic E-state index is 0.774. The molecule has 0 fully saturated rings. The average Bonchev–Trinajstić information content (AvgIpc) is 3.10. The Morgan fingerprint density at radius 2 is 1.73 bits per heavy atom. The number of nitrogens with zero attached hydrogens (tertiary/aromatic N) is 1. The molecule has 2 N–H and O–H groups in total. The molecule has 0 unspecified atom stereocenters. The number of hydrogen-bond donors (Lipinski definition) is 2. The van der Waals surface area contributed by atoms with Crippen LogP contribution in [0.25, 0.3) is 10.9 Å². The molecule has 0 spiro atoms. The summed E-state index contributed by atoms with van der Waals surface area (Å²) in [7, 11) is 1.69. The monoisotopic (exact) mass is 343 g/mol. The van der Waals surface area contributed by atoms with Crippen molar-refractivity contribution in [2.24, 2.45) is 0 Å². The minimum Gasteiger partial charge on any atom is -0.497 e. The second-order valence-electron chi connectivity index (χ2n) is 6.31. The molecule has 0 aliphatic rings. The van der Waals surface area contributed by atoms with Crippen molar-refractivity contribution in [3.05, 3.63) is 89.9 Å². The van der Waals surface area contributed by atoms with Gasteiger partial charge in [-0.3, -0.25) is 4.98 Å². The Balaban J connectivity index is 1.42. The molecule has 0 radical (unpaired) electrons. The van der Waals surface area contributed by atoms with Crippen LogP contribution in [0.3, 0.4) is 0 Å². The highest BCUT2D eigenvalue weighted by Gasteiger charge is 2.05. The number of fused-ring (bicyclic) bond motifs is 1. The molecule has 26 heavy (non-hydrogen) atoms.